The summed E-state index contributed by atoms with van der Waals surface area (Å²) in [5, 5.41) is 21.0. The topological polar surface area (TPSA) is 99.1 Å². The number of carbonyl (C=O) groups is 2. The number of likely N-dealkylation sites (tertiary alicyclic amines) is 1. The summed E-state index contributed by atoms with van der Waals surface area (Å²) in [6.07, 6.45) is -1.55. The van der Waals surface area contributed by atoms with Gasteiger partial charge in [-0.2, -0.15) is 13.2 Å². The third kappa shape index (κ3) is 8.61. The fraction of sp³-hybridized carbons (Fsp3) is 0.455. The van der Waals surface area contributed by atoms with E-state index in [-0.39, 0.29) is 12.7 Å². The maximum Gasteiger partial charge on any atom is 0.490 e. The minimum Gasteiger partial charge on any atom is -0.475 e. The molecule has 10 heteroatoms. The molecule has 2 heterocycles. The summed E-state index contributed by atoms with van der Waals surface area (Å²) in [5.41, 5.74) is 1.03. The Kier molecular flexibility index (Phi) is 9.11. The second-order valence-electron chi connectivity index (χ2n) is 7.30. The summed E-state index contributed by atoms with van der Waals surface area (Å²) in [4.78, 5) is 22.7. The van der Waals surface area contributed by atoms with E-state index in [4.69, 9.17) is 14.6 Å². The highest BCUT2D eigenvalue weighted by Gasteiger charge is 2.38. The van der Waals surface area contributed by atoms with Crippen LogP contribution in [0, 0.1) is 11.8 Å². The van der Waals surface area contributed by atoms with E-state index in [1.54, 1.807) is 4.90 Å². The van der Waals surface area contributed by atoms with Crippen LogP contribution in [-0.4, -0.2) is 65.1 Å². The highest BCUT2D eigenvalue weighted by Crippen LogP contribution is 2.22. The summed E-state index contributed by atoms with van der Waals surface area (Å²) in [6, 6.07) is 9.61. The molecule has 0 radical (unpaired) electrons. The Morgan fingerprint density at radius 3 is 2.34 bits per heavy atom. The number of hydrogen-bond donors (Lipinski definition) is 3. The highest BCUT2D eigenvalue weighted by molar-refractivity contribution is 5.73. The van der Waals surface area contributed by atoms with E-state index >= 15 is 0 Å². The van der Waals surface area contributed by atoms with Crippen molar-refractivity contribution in [2.45, 2.75) is 37.6 Å². The standard InChI is InChI=1S/C20H24N2O3.C2HF3O2/c23-19(25-16-18-4-2-1-3-5-18)22-14-10-20(24,11-15-22)9-6-17-7-12-21-13-8-17;3-2(4,5)1(6)7/h1-5,7,21,24H,8,10-16H2;(H,6,7). The summed E-state index contributed by atoms with van der Waals surface area (Å²) in [7, 11) is 0. The van der Waals surface area contributed by atoms with Crippen LogP contribution < -0.4 is 5.32 Å². The molecule has 2 aliphatic heterocycles. The van der Waals surface area contributed by atoms with Crippen LogP contribution in [-0.2, 0) is 16.1 Å². The summed E-state index contributed by atoms with van der Waals surface area (Å²) >= 11 is 0. The highest BCUT2D eigenvalue weighted by atomic mass is 19.4. The molecule has 174 valence electrons. The number of piperidine rings is 1. The second kappa shape index (κ2) is 11.5. The zero-order chi connectivity index (χ0) is 23.6. The van der Waals surface area contributed by atoms with E-state index in [0.29, 0.717) is 25.9 Å². The molecule has 0 spiro atoms. The lowest BCUT2D eigenvalue weighted by molar-refractivity contribution is -0.192. The summed E-state index contributed by atoms with van der Waals surface area (Å²) in [6.45, 7) is 2.95. The van der Waals surface area contributed by atoms with Crippen molar-refractivity contribution in [1.29, 1.82) is 0 Å². The second-order valence-corrected chi connectivity index (χ2v) is 7.30. The molecule has 0 atom stereocenters. The van der Waals surface area contributed by atoms with Gasteiger partial charge in [0, 0.05) is 44.6 Å². The van der Waals surface area contributed by atoms with Gasteiger partial charge < -0.3 is 25.2 Å². The number of hydrogen-bond acceptors (Lipinski definition) is 5. The SMILES string of the molecule is O=C(O)C(F)(F)F.O=C(OCc1ccccc1)N1CCC(O)(C#CC2=CCNCC2)CC1. The first kappa shape index (κ1) is 25.2. The lowest BCUT2D eigenvalue weighted by Gasteiger charge is -2.34. The third-order valence-electron chi connectivity index (χ3n) is 4.82. The first-order chi connectivity index (χ1) is 15.1. The molecule has 3 rings (SSSR count). The summed E-state index contributed by atoms with van der Waals surface area (Å²) in [5.74, 6) is 3.37. The van der Waals surface area contributed by atoms with Crippen molar-refractivity contribution in [2.75, 3.05) is 26.2 Å². The summed E-state index contributed by atoms with van der Waals surface area (Å²) < 4.78 is 37.1. The van der Waals surface area contributed by atoms with Crippen LogP contribution in [0.1, 0.15) is 24.8 Å². The minimum atomic E-state index is -5.08. The number of ether oxygens (including phenoxy) is 1. The Hall–Kier alpha value is -3.03. The Bertz CT molecular complexity index is 867. The Labute approximate surface area is 183 Å². The van der Waals surface area contributed by atoms with E-state index < -0.39 is 17.7 Å². The lowest BCUT2D eigenvalue weighted by Crippen LogP contribution is -2.46. The number of benzene rings is 1. The predicted octanol–water partition coefficient (Wildman–Crippen LogP) is 2.71. The molecule has 2 aliphatic rings. The fourth-order valence-electron chi connectivity index (χ4n) is 2.93. The molecule has 32 heavy (non-hydrogen) atoms. The quantitative estimate of drug-likeness (QED) is 0.595. The average Bonchev–Trinajstić information content (AvgIpc) is 2.78. The van der Waals surface area contributed by atoms with E-state index in [0.717, 1.165) is 30.6 Å². The molecule has 0 unspecified atom stereocenters. The molecule has 1 aromatic rings. The molecule has 1 saturated heterocycles. The van der Waals surface area contributed by atoms with Gasteiger partial charge in [-0.25, -0.2) is 9.59 Å². The molecule has 0 aromatic heterocycles. The smallest absolute Gasteiger partial charge is 0.475 e. The Morgan fingerprint density at radius 1 is 1.19 bits per heavy atom. The van der Waals surface area contributed by atoms with Gasteiger partial charge in [0.2, 0.25) is 0 Å². The molecule has 0 bridgehead atoms. The van der Waals surface area contributed by atoms with E-state index in [9.17, 15) is 23.1 Å². The normalized spacial score (nSPS) is 17.6. The number of carboxylic acid groups (broad SMARTS) is 1. The van der Waals surface area contributed by atoms with Gasteiger partial charge in [0.15, 0.2) is 0 Å². The Balaban J connectivity index is 0.000000451. The largest absolute Gasteiger partial charge is 0.490 e. The maximum atomic E-state index is 12.2. The fourth-order valence-corrected chi connectivity index (χ4v) is 2.93. The average molecular weight is 454 g/mol. The predicted molar refractivity (Wildman–Crippen MR) is 109 cm³/mol. The van der Waals surface area contributed by atoms with Gasteiger partial charge in [0.25, 0.3) is 0 Å². The first-order valence-corrected chi connectivity index (χ1v) is 10.0. The number of aliphatic carboxylic acids is 1. The van der Waals surface area contributed by atoms with Crippen molar-refractivity contribution in [3.05, 3.63) is 47.5 Å². The number of amides is 1. The van der Waals surface area contributed by atoms with Crippen molar-refractivity contribution in [1.82, 2.24) is 10.2 Å². The van der Waals surface area contributed by atoms with Crippen LogP contribution in [0.25, 0.3) is 0 Å². The molecule has 1 aromatic carbocycles. The van der Waals surface area contributed by atoms with Gasteiger partial charge >= 0.3 is 18.2 Å². The molecule has 1 fully saturated rings. The van der Waals surface area contributed by atoms with Gasteiger partial charge in [-0.1, -0.05) is 48.2 Å². The maximum absolute atomic E-state index is 12.2. The number of aliphatic hydroxyl groups is 1. The number of alkyl halides is 3. The molecule has 0 saturated carbocycles. The first-order valence-electron chi connectivity index (χ1n) is 10.0. The minimum absolute atomic E-state index is 0.266. The zero-order valence-electron chi connectivity index (χ0n) is 17.3. The van der Waals surface area contributed by atoms with Crippen LogP contribution in [0.4, 0.5) is 18.0 Å². The molecule has 3 N–H and O–H groups in total. The van der Waals surface area contributed by atoms with Crippen molar-refractivity contribution in [3.8, 4) is 11.8 Å². The van der Waals surface area contributed by atoms with Gasteiger partial charge in [-0.05, 0) is 12.0 Å². The van der Waals surface area contributed by atoms with Gasteiger partial charge in [0.05, 0.1) is 0 Å². The Morgan fingerprint density at radius 2 is 1.81 bits per heavy atom. The molecule has 0 aliphatic carbocycles. The van der Waals surface area contributed by atoms with Crippen LogP contribution in [0.15, 0.2) is 42.0 Å². The number of nitrogens with zero attached hydrogens (tertiary/aromatic N) is 1. The van der Waals surface area contributed by atoms with Crippen LogP contribution in [0.3, 0.4) is 0 Å². The van der Waals surface area contributed by atoms with Crippen molar-refractivity contribution in [3.63, 3.8) is 0 Å². The lowest BCUT2D eigenvalue weighted by atomic mass is 9.91. The molecular weight excluding hydrogens is 429 g/mol. The zero-order valence-corrected chi connectivity index (χ0v) is 17.3. The number of carboxylic acids is 1. The molecule has 1 amide bonds. The third-order valence-corrected chi connectivity index (χ3v) is 4.82. The van der Waals surface area contributed by atoms with Crippen molar-refractivity contribution in [2.24, 2.45) is 0 Å². The molecule has 7 nitrogen and oxygen atoms in total. The van der Waals surface area contributed by atoms with Crippen LogP contribution >= 0.6 is 0 Å². The number of carbonyl (C=O) groups excluding carboxylic acids is 1. The number of halogens is 3. The number of rotatable bonds is 2. The van der Waals surface area contributed by atoms with Gasteiger partial charge in [0.1, 0.15) is 12.2 Å². The van der Waals surface area contributed by atoms with Crippen molar-refractivity contribution >= 4 is 12.1 Å². The van der Waals surface area contributed by atoms with Gasteiger partial charge in [-0.15, -0.1) is 0 Å². The number of nitrogens with one attached hydrogen (secondary N) is 1. The van der Waals surface area contributed by atoms with E-state index in [1.807, 2.05) is 30.3 Å². The van der Waals surface area contributed by atoms with Crippen LogP contribution in [0.5, 0.6) is 0 Å². The van der Waals surface area contributed by atoms with Gasteiger partial charge in [-0.3, -0.25) is 0 Å². The van der Waals surface area contributed by atoms with E-state index in [1.165, 1.54) is 0 Å². The van der Waals surface area contributed by atoms with Crippen molar-refractivity contribution < 1.29 is 37.7 Å². The van der Waals surface area contributed by atoms with Crippen LogP contribution in [0.2, 0.25) is 0 Å². The molecular formula is C22H25F3N2O5. The monoisotopic (exact) mass is 454 g/mol. The van der Waals surface area contributed by atoms with E-state index in [2.05, 4.69) is 23.2 Å².